The summed E-state index contributed by atoms with van der Waals surface area (Å²) in [6.07, 6.45) is 3.49. The van der Waals surface area contributed by atoms with Gasteiger partial charge in [0.2, 0.25) is 0 Å². The second-order valence-corrected chi connectivity index (χ2v) is 3.43. The Hall–Kier alpha value is -0.830. The first-order chi connectivity index (χ1) is 6.27. The molecule has 0 bridgehead atoms. The lowest BCUT2D eigenvalue weighted by Crippen LogP contribution is -2.36. The third-order valence-electron chi connectivity index (χ3n) is 2.64. The zero-order valence-corrected chi connectivity index (χ0v) is 8.08. The molecule has 0 aliphatic carbocycles. The molecule has 1 heterocycles. The molecule has 0 saturated carbocycles. The molecule has 0 unspecified atom stereocenters. The van der Waals surface area contributed by atoms with Crippen molar-refractivity contribution in [2.45, 2.75) is 12.8 Å². The lowest BCUT2D eigenvalue weighted by molar-refractivity contribution is -0.142. The molecule has 74 valence electrons. The van der Waals surface area contributed by atoms with Gasteiger partial charge in [0, 0.05) is 13.0 Å². The van der Waals surface area contributed by atoms with E-state index in [1.54, 1.807) is 0 Å². The van der Waals surface area contributed by atoms with Crippen LogP contribution in [0, 0.1) is 11.8 Å². The van der Waals surface area contributed by atoms with Gasteiger partial charge in [0.1, 0.15) is 0 Å². The van der Waals surface area contributed by atoms with Gasteiger partial charge in [0.05, 0.1) is 7.11 Å². The van der Waals surface area contributed by atoms with E-state index in [9.17, 15) is 4.79 Å². The smallest absolute Gasteiger partial charge is 0.305 e. The maximum Gasteiger partial charge on any atom is 0.305 e. The topological polar surface area (TPSA) is 38.3 Å². The summed E-state index contributed by atoms with van der Waals surface area (Å²) in [6, 6.07) is 0. The van der Waals surface area contributed by atoms with Gasteiger partial charge in [-0.1, -0.05) is 6.08 Å². The van der Waals surface area contributed by atoms with Crippen molar-refractivity contribution in [3.63, 3.8) is 0 Å². The predicted octanol–water partition coefficient (Wildman–Crippen LogP) is 0.961. The molecule has 1 N–H and O–H groups in total. The van der Waals surface area contributed by atoms with E-state index in [2.05, 4.69) is 16.6 Å². The molecule has 0 aromatic carbocycles. The van der Waals surface area contributed by atoms with E-state index in [1.807, 2.05) is 6.08 Å². The Kier molecular flexibility index (Phi) is 3.96. The molecular weight excluding hydrogens is 166 g/mol. The van der Waals surface area contributed by atoms with Crippen molar-refractivity contribution >= 4 is 5.97 Å². The summed E-state index contributed by atoms with van der Waals surface area (Å²) in [6.45, 7) is 5.70. The molecule has 0 radical (unpaired) electrons. The van der Waals surface area contributed by atoms with Crippen molar-refractivity contribution < 1.29 is 9.53 Å². The van der Waals surface area contributed by atoms with Crippen molar-refractivity contribution in [3.8, 4) is 0 Å². The van der Waals surface area contributed by atoms with Gasteiger partial charge in [0.15, 0.2) is 0 Å². The van der Waals surface area contributed by atoms with Crippen LogP contribution >= 0.6 is 0 Å². The fourth-order valence-corrected chi connectivity index (χ4v) is 1.76. The minimum Gasteiger partial charge on any atom is -0.469 e. The molecule has 1 fully saturated rings. The molecule has 3 heteroatoms. The molecule has 1 saturated heterocycles. The number of carbonyl (C=O) groups excluding carboxylic acids is 1. The Morgan fingerprint density at radius 1 is 1.77 bits per heavy atom. The number of esters is 1. The zero-order valence-electron chi connectivity index (χ0n) is 8.08. The number of methoxy groups -OCH3 is 1. The molecular formula is C10H17NO2. The highest BCUT2D eigenvalue weighted by Crippen LogP contribution is 2.23. The number of piperidine rings is 1. The molecule has 2 atom stereocenters. The molecule has 0 spiro atoms. The van der Waals surface area contributed by atoms with Crippen LogP contribution in [0.2, 0.25) is 0 Å². The summed E-state index contributed by atoms with van der Waals surface area (Å²) in [5, 5.41) is 3.28. The Morgan fingerprint density at radius 3 is 3.15 bits per heavy atom. The highest BCUT2D eigenvalue weighted by molar-refractivity contribution is 5.69. The third-order valence-corrected chi connectivity index (χ3v) is 2.64. The Labute approximate surface area is 79.2 Å². The quantitative estimate of drug-likeness (QED) is 0.523. The summed E-state index contributed by atoms with van der Waals surface area (Å²) in [5.74, 6) is 0.706. The summed E-state index contributed by atoms with van der Waals surface area (Å²) in [7, 11) is 1.44. The van der Waals surface area contributed by atoms with Crippen LogP contribution in [-0.2, 0) is 9.53 Å². The first-order valence-corrected chi connectivity index (χ1v) is 4.68. The van der Waals surface area contributed by atoms with E-state index < -0.39 is 0 Å². The van der Waals surface area contributed by atoms with Crippen molar-refractivity contribution in [3.05, 3.63) is 12.7 Å². The Balaban J connectivity index is 2.44. The summed E-state index contributed by atoms with van der Waals surface area (Å²) >= 11 is 0. The number of nitrogens with one attached hydrogen (secondary N) is 1. The van der Waals surface area contributed by atoms with Crippen LogP contribution in [0.1, 0.15) is 12.8 Å². The fourth-order valence-electron chi connectivity index (χ4n) is 1.76. The van der Waals surface area contributed by atoms with Crippen molar-refractivity contribution in [1.82, 2.24) is 5.32 Å². The lowest BCUT2D eigenvalue weighted by Gasteiger charge is -2.29. The molecule has 3 nitrogen and oxygen atoms in total. The van der Waals surface area contributed by atoms with E-state index >= 15 is 0 Å². The molecule has 0 aromatic rings. The second-order valence-electron chi connectivity index (χ2n) is 3.43. The van der Waals surface area contributed by atoms with E-state index in [0.717, 1.165) is 19.5 Å². The van der Waals surface area contributed by atoms with Crippen LogP contribution in [0.25, 0.3) is 0 Å². The minimum absolute atomic E-state index is 0.112. The van der Waals surface area contributed by atoms with E-state index in [-0.39, 0.29) is 5.97 Å². The van der Waals surface area contributed by atoms with Gasteiger partial charge in [-0.15, -0.1) is 6.58 Å². The van der Waals surface area contributed by atoms with Crippen LogP contribution in [0.15, 0.2) is 12.7 Å². The standard InChI is InChI=1S/C10H17NO2/c1-3-8-7-11-5-4-9(8)6-10(12)13-2/h3,8-9,11H,1,4-7H2,2H3/t8-,9-/m0/s1. The minimum atomic E-state index is -0.112. The monoisotopic (exact) mass is 183 g/mol. The van der Waals surface area contributed by atoms with Crippen LogP contribution in [-0.4, -0.2) is 26.2 Å². The molecule has 0 amide bonds. The van der Waals surface area contributed by atoms with Crippen molar-refractivity contribution in [1.29, 1.82) is 0 Å². The average Bonchev–Trinajstić information content (AvgIpc) is 2.18. The van der Waals surface area contributed by atoms with Gasteiger partial charge < -0.3 is 10.1 Å². The first-order valence-electron chi connectivity index (χ1n) is 4.68. The Morgan fingerprint density at radius 2 is 2.54 bits per heavy atom. The van der Waals surface area contributed by atoms with Crippen molar-refractivity contribution in [2.75, 3.05) is 20.2 Å². The molecule has 1 aliphatic rings. The van der Waals surface area contributed by atoms with Gasteiger partial charge in [-0.2, -0.15) is 0 Å². The highest BCUT2D eigenvalue weighted by atomic mass is 16.5. The summed E-state index contributed by atoms with van der Waals surface area (Å²) < 4.78 is 4.65. The fraction of sp³-hybridized carbons (Fsp3) is 0.700. The number of carbonyl (C=O) groups is 1. The van der Waals surface area contributed by atoms with Gasteiger partial charge in [-0.05, 0) is 24.8 Å². The Bertz CT molecular complexity index is 191. The average molecular weight is 183 g/mol. The lowest BCUT2D eigenvalue weighted by atomic mass is 9.84. The van der Waals surface area contributed by atoms with Crippen LogP contribution in [0.5, 0.6) is 0 Å². The summed E-state index contributed by atoms with van der Waals surface area (Å²) in [4.78, 5) is 11.1. The third kappa shape index (κ3) is 2.84. The second kappa shape index (κ2) is 5.02. The van der Waals surface area contributed by atoms with E-state index in [4.69, 9.17) is 0 Å². The van der Waals surface area contributed by atoms with Gasteiger partial charge in [-0.25, -0.2) is 0 Å². The maximum absolute atomic E-state index is 11.1. The number of hydrogen-bond acceptors (Lipinski definition) is 3. The normalized spacial score (nSPS) is 28.1. The predicted molar refractivity (Wildman–Crippen MR) is 51.3 cm³/mol. The molecule has 1 rings (SSSR count). The highest BCUT2D eigenvalue weighted by Gasteiger charge is 2.24. The molecule has 13 heavy (non-hydrogen) atoms. The molecule has 1 aliphatic heterocycles. The zero-order chi connectivity index (χ0) is 9.68. The number of ether oxygens (including phenoxy) is 1. The first kappa shape index (κ1) is 10.3. The number of rotatable bonds is 3. The van der Waals surface area contributed by atoms with Crippen LogP contribution < -0.4 is 5.32 Å². The van der Waals surface area contributed by atoms with Gasteiger partial charge in [0.25, 0.3) is 0 Å². The van der Waals surface area contributed by atoms with E-state index in [0.29, 0.717) is 18.3 Å². The summed E-state index contributed by atoms with van der Waals surface area (Å²) in [5.41, 5.74) is 0. The van der Waals surface area contributed by atoms with Crippen LogP contribution in [0.3, 0.4) is 0 Å². The largest absolute Gasteiger partial charge is 0.469 e. The van der Waals surface area contributed by atoms with E-state index in [1.165, 1.54) is 7.11 Å². The van der Waals surface area contributed by atoms with Gasteiger partial charge >= 0.3 is 5.97 Å². The number of hydrogen-bond donors (Lipinski definition) is 1. The van der Waals surface area contributed by atoms with Crippen molar-refractivity contribution in [2.24, 2.45) is 11.8 Å². The van der Waals surface area contributed by atoms with Gasteiger partial charge in [-0.3, -0.25) is 4.79 Å². The maximum atomic E-state index is 11.1. The van der Waals surface area contributed by atoms with Crippen LogP contribution in [0.4, 0.5) is 0 Å². The molecule has 0 aromatic heterocycles. The SMILES string of the molecule is C=C[C@H]1CNCC[C@H]1CC(=O)OC.